The summed E-state index contributed by atoms with van der Waals surface area (Å²) in [5.41, 5.74) is 1.14. The van der Waals surface area contributed by atoms with Gasteiger partial charge < -0.3 is 15.4 Å². The maximum atomic E-state index is 5.38. The summed E-state index contributed by atoms with van der Waals surface area (Å²) >= 11 is 3.45. The minimum Gasteiger partial charge on any atom is -0.383 e. The van der Waals surface area contributed by atoms with Crippen molar-refractivity contribution in [2.45, 2.75) is 6.04 Å². The topological polar surface area (TPSA) is 33.3 Å². The first-order chi connectivity index (χ1) is 7.34. The van der Waals surface area contributed by atoms with E-state index in [0.717, 1.165) is 36.5 Å². The second-order valence-electron chi connectivity index (χ2n) is 3.62. The summed E-state index contributed by atoms with van der Waals surface area (Å²) in [4.78, 5) is 0. The molecule has 1 saturated heterocycles. The molecule has 82 valence electrons. The Hall–Kier alpha value is -0.580. The molecular weight excluding hydrogens is 256 g/mol. The molecule has 0 radical (unpaired) electrons. The van der Waals surface area contributed by atoms with Gasteiger partial charge >= 0.3 is 0 Å². The van der Waals surface area contributed by atoms with Gasteiger partial charge in [0.2, 0.25) is 0 Å². The van der Waals surface area contributed by atoms with Crippen LogP contribution in [0.4, 0.5) is 5.69 Å². The number of halogens is 1. The van der Waals surface area contributed by atoms with Crippen molar-refractivity contribution in [3.8, 4) is 0 Å². The van der Waals surface area contributed by atoms with Gasteiger partial charge in [-0.2, -0.15) is 0 Å². The van der Waals surface area contributed by atoms with Gasteiger partial charge in [0.05, 0.1) is 13.2 Å². The van der Waals surface area contributed by atoms with Crippen LogP contribution in [0, 0.1) is 0 Å². The Balaban J connectivity index is 1.81. The molecule has 0 aromatic heterocycles. The van der Waals surface area contributed by atoms with Crippen LogP contribution in [0.25, 0.3) is 0 Å². The summed E-state index contributed by atoms with van der Waals surface area (Å²) in [6.45, 7) is 3.47. The van der Waals surface area contributed by atoms with Crippen LogP contribution >= 0.6 is 15.9 Å². The maximum absolute atomic E-state index is 5.38. The highest BCUT2D eigenvalue weighted by molar-refractivity contribution is 9.10. The molecule has 15 heavy (non-hydrogen) atoms. The van der Waals surface area contributed by atoms with Crippen LogP contribution in [-0.2, 0) is 4.74 Å². The van der Waals surface area contributed by atoms with Crippen LogP contribution in [0.15, 0.2) is 28.7 Å². The maximum Gasteiger partial charge on any atom is 0.0637 e. The summed E-state index contributed by atoms with van der Waals surface area (Å²) in [5, 5.41) is 6.79. The van der Waals surface area contributed by atoms with Crippen LogP contribution in [0.1, 0.15) is 0 Å². The Morgan fingerprint density at radius 2 is 2.47 bits per heavy atom. The molecular formula is C11H15BrN2O. The Kier molecular flexibility index (Phi) is 4.00. The third-order valence-corrected chi connectivity index (χ3v) is 2.87. The molecule has 0 amide bonds. The van der Waals surface area contributed by atoms with Crippen molar-refractivity contribution in [1.29, 1.82) is 0 Å². The van der Waals surface area contributed by atoms with Gasteiger partial charge in [0.25, 0.3) is 0 Å². The van der Waals surface area contributed by atoms with Gasteiger partial charge in [0, 0.05) is 29.3 Å². The van der Waals surface area contributed by atoms with Crippen LogP contribution < -0.4 is 10.6 Å². The molecule has 1 unspecified atom stereocenters. The molecule has 3 nitrogen and oxygen atoms in total. The molecule has 1 fully saturated rings. The second-order valence-corrected chi connectivity index (χ2v) is 4.53. The van der Waals surface area contributed by atoms with Crippen molar-refractivity contribution in [2.75, 3.05) is 31.6 Å². The molecule has 0 aliphatic carbocycles. The molecule has 0 spiro atoms. The first kappa shape index (κ1) is 10.9. The van der Waals surface area contributed by atoms with Crippen molar-refractivity contribution in [1.82, 2.24) is 5.32 Å². The molecule has 2 N–H and O–H groups in total. The fraction of sp³-hybridized carbons (Fsp3) is 0.455. The molecule has 2 rings (SSSR count). The summed E-state index contributed by atoms with van der Waals surface area (Å²) < 4.78 is 6.48. The number of benzene rings is 1. The number of nitrogens with one attached hydrogen (secondary N) is 2. The van der Waals surface area contributed by atoms with Gasteiger partial charge in [-0.05, 0) is 18.2 Å². The van der Waals surface area contributed by atoms with E-state index in [9.17, 15) is 0 Å². The third-order valence-electron chi connectivity index (χ3n) is 2.38. The molecule has 1 aromatic carbocycles. The van der Waals surface area contributed by atoms with E-state index in [2.05, 4.69) is 38.7 Å². The first-order valence-electron chi connectivity index (χ1n) is 5.15. The third kappa shape index (κ3) is 3.48. The first-order valence-corrected chi connectivity index (χ1v) is 5.94. The van der Waals surface area contributed by atoms with Crippen molar-refractivity contribution < 1.29 is 4.74 Å². The molecule has 0 bridgehead atoms. The fourth-order valence-electron chi connectivity index (χ4n) is 1.59. The average Bonchev–Trinajstić information content (AvgIpc) is 2.28. The smallest absolute Gasteiger partial charge is 0.0637 e. The zero-order valence-electron chi connectivity index (χ0n) is 8.50. The van der Waals surface area contributed by atoms with Crippen LogP contribution in [0.2, 0.25) is 0 Å². The molecule has 1 aliphatic heterocycles. The van der Waals surface area contributed by atoms with Gasteiger partial charge in [-0.25, -0.2) is 0 Å². The van der Waals surface area contributed by atoms with Gasteiger partial charge in [0.1, 0.15) is 0 Å². The predicted molar refractivity (Wildman–Crippen MR) is 65.2 cm³/mol. The number of rotatable bonds is 3. The van der Waals surface area contributed by atoms with Gasteiger partial charge in [-0.15, -0.1) is 0 Å². The van der Waals surface area contributed by atoms with Crippen molar-refractivity contribution >= 4 is 21.6 Å². The standard InChI is InChI=1S/C11H15BrN2O/c12-9-2-1-3-10(6-9)14-7-11-8-15-5-4-13-11/h1-3,6,11,13-14H,4-5,7-8H2. The van der Waals surface area contributed by atoms with E-state index in [-0.39, 0.29) is 0 Å². The van der Waals surface area contributed by atoms with E-state index < -0.39 is 0 Å². The lowest BCUT2D eigenvalue weighted by atomic mass is 10.2. The number of morpholine rings is 1. The van der Waals surface area contributed by atoms with Gasteiger partial charge in [-0.3, -0.25) is 0 Å². The normalized spacial score (nSPS) is 21.3. The SMILES string of the molecule is Brc1cccc(NCC2COCCN2)c1. The average molecular weight is 271 g/mol. The van der Waals surface area contributed by atoms with E-state index in [4.69, 9.17) is 4.74 Å². The Labute approximate surface area is 98.3 Å². The lowest BCUT2D eigenvalue weighted by Gasteiger charge is -2.24. The fourth-order valence-corrected chi connectivity index (χ4v) is 1.99. The summed E-state index contributed by atoms with van der Waals surface area (Å²) in [7, 11) is 0. The number of hydrogen-bond donors (Lipinski definition) is 2. The number of ether oxygens (including phenoxy) is 1. The zero-order valence-corrected chi connectivity index (χ0v) is 10.1. The van der Waals surface area contributed by atoms with E-state index >= 15 is 0 Å². The molecule has 1 aliphatic rings. The van der Waals surface area contributed by atoms with Crippen LogP contribution in [-0.4, -0.2) is 32.3 Å². The largest absolute Gasteiger partial charge is 0.383 e. The number of hydrogen-bond acceptors (Lipinski definition) is 3. The van der Waals surface area contributed by atoms with Crippen molar-refractivity contribution in [2.24, 2.45) is 0 Å². The monoisotopic (exact) mass is 270 g/mol. The van der Waals surface area contributed by atoms with Gasteiger partial charge in [0.15, 0.2) is 0 Å². The van der Waals surface area contributed by atoms with Crippen LogP contribution in [0.3, 0.4) is 0 Å². The highest BCUT2D eigenvalue weighted by Crippen LogP contribution is 2.15. The molecule has 1 heterocycles. The van der Waals surface area contributed by atoms with Crippen LogP contribution in [0.5, 0.6) is 0 Å². The molecule has 1 aromatic rings. The highest BCUT2D eigenvalue weighted by atomic mass is 79.9. The number of anilines is 1. The van der Waals surface area contributed by atoms with E-state index in [1.165, 1.54) is 0 Å². The summed E-state index contributed by atoms with van der Waals surface area (Å²) in [6.07, 6.45) is 0. The van der Waals surface area contributed by atoms with E-state index in [1.54, 1.807) is 0 Å². The summed E-state index contributed by atoms with van der Waals surface area (Å²) in [5.74, 6) is 0. The molecule has 0 saturated carbocycles. The minimum absolute atomic E-state index is 0.415. The second kappa shape index (κ2) is 5.49. The minimum atomic E-state index is 0.415. The Morgan fingerprint density at radius 1 is 1.53 bits per heavy atom. The van der Waals surface area contributed by atoms with Gasteiger partial charge in [-0.1, -0.05) is 22.0 Å². The quantitative estimate of drug-likeness (QED) is 0.880. The molecule has 1 atom stereocenters. The highest BCUT2D eigenvalue weighted by Gasteiger charge is 2.11. The van der Waals surface area contributed by atoms with E-state index in [1.807, 2.05) is 12.1 Å². The van der Waals surface area contributed by atoms with E-state index in [0.29, 0.717) is 6.04 Å². The summed E-state index contributed by atoms with van der Waals surface area (Å²) in [6, 6.07) is 8.60. The zero-order chi connectivity index (χ0) is 10.5. The Bertz CT molecular complexity index is 313. The van der Waals surface area contributed by atoms with Crippen molar-refractivity contribution in [3.63, 3.8) is 0 Å². The lowest BCUT2D eigenvalue weighted by molar-refractivity contribution is 0.0806. The Morgan fingerprint density at radius 3 is 3.20 bits per heavy atom. The van der Waals surface area contributed by atoms with Crippen molar-refractivity contribution in [3.05, 3.63) is 28.7 Å². The predicted octanol–water partition coefficient (Wildman–Crippen LogP) is 1.85. The molecule has 4 heteroatoms. The lowest BCUT2D eigenvalue weighted by Crippen LogP contribution is -2.45.